The van der Waals surface area contributed by atoms with E-state index in [0.29, 0.717) is 16.5 Å². The van der Waals surface area contributed by atoms with Gasteiger partial charge in [-0.1, -0.05) is 35.9 Å². The maximum atomic E-state index is 12.1. The number of anilines is 1. The Morgan fingerprint density at radius 3 is 2.83 bits per heavy atom. The van der Waals surface area contributed by atoms with Crippen LogP contribution in [0.5, 0.6) is 5.75 Å². The van der Waals surface area contributed by atoms with Gasteiger partial charge in [-0.25, -0.2) is 4.98 Å². The van der Waals surface area contributed by atoms with Crippen molar-refractivity contribution in [1.82, 2.24) is 4.98 Å². The SMILES string of the molecule is Cc1nc(-c2cccc(NC(=O)COc3ccccc3Cl)c2)cs1. The first-order valence-electron chi connectivity index (χ1n) is 7.31. The fourth-order valence-electron chi connectivity index (χ4n) is 2.15. The zero-order chi connectivity index (χ0) is 16.9. The van der Waals surface area contributed by atoms with E-state index >= 15 is 0 Å². The average Bonchev–Trinajstić information content (AvgIpc) is 3.01. The third kappa shape index (κ3) is 4.13. The lowest BCUT2D eigenvalue weighted by Crippen LogP contribution is -2.20. The standard InChI is InChI=1S/C18H15ClN2O2S/c1-12-20-16(11-24-12)13-5-4-6-14(9-13)21-18(22)10-23-17-8-3-2-7-15(17)19/h2-9,11H,10H2,1H3,(H,21,22). The number of amides is 1. The molecule has 0 unspecified atom stereocenters. The minimum absolute atomic E-state index is 0.107. The van der Waals surface area contributed by atoms with Crippen molar-refractivity contribution < 1.29 is 9.53 Å². The molecule has 0 saturated heterocycles. The van der Waals surface area contributed by atoms with Crippen LogP contribution in [-0.2, 0) is 4.79 Å². The summed E-state index contributed by atoms with van der Waals surface area (Å²) in [6.07, 6.45) is 0. The fraction of sp³-hybridized carbons (Fsp3) is 0.111. The van der Waals surface area contributed by atoms with Crippen LogP contribution < -0.4 is 10.1 Å². The van der Waals surface area contributed by atoms with Gasteiger partial charge in [0.05, 0.1) is 15.7 Å². The molecule has 3 aromatic rings. The van der Waals surface area contributed by atoms with Crippen LogP contribution in [0.3, 0.4) is 0 Å². The minimum atomic E-state index is -0.249. The molecule has 1 heterocycles. The van der Waals surface area contributed by atoms with E-state index < -0.39 is 0 Å². The summed E-state index contributed by atoms with van der Waals surface area (Å²) in [6.45, 7) is 1.86. The zero-order valence-electron chi connectivity index (χ0n) is 13.0. The number of nitrogens with zero attached hydrogens (tertiary/aromatic N) is 1. The second-order valence-corrected chi connectivity index (χ2v) is 6.57. The van der Waals surface area contributed by atoms with Gasteiger partial charge in [0.2, 0.25) is 0 Å². The second-order valence-electron chi connectivity index (χ2n) is 5.10. The fourth-order valence-corrected chi connectivity index (χ4v) is 2.97. The Labute approximate surface area is 149 Å². The molecular formula is C18H15ClN2O2S. The molecule has 122 valence electrons. The van der Waals surface area contributed by atoms with Crippen LogP contribution in [0.15, 0.2) is 53.9 Å². The maximum absolute atomic E-state index is 12.1. The van der Waals surface area contributed by atoms with E-state index in [1.807, 2.05) is 36.6 Å². The predicted molar refractivity (Wildman–Crippen MR) is 97.9 cm³/mol. The minimum Gasteiger partial charge on any atom is -0.482 e. The molecule has 0 saturated carbocycles. The summed E-state index contributed by atoms with van der Waals surface area (Å²) in [4.78, 5) is 16.5. The van der Waals surface area contributed by atoms with Crippen molar-refractivity contribution in [3.8, 4) is 17.0 Å². The van der Waals surface area contributed by atoms with Gasteiger partial charge in [-0.3, -0.25) is 4.79 Å². The molecule has 0 fully saturated rings. The summed E-state index contributed by atoms with van der Waals surface area (Å²) in [6, 6.07) is 14.6. The molecule has 0 spiro atoms. The lowest BCUT2D eigenvalue weighted by atomic mass is 10.1. The average molecular weight is 359 g/mol. The number of thiazole rings is 1. The van der Waals surface area contributed by atoms with Crippen LogP contribution in [0.1, 0.15) is 5.01 Å². The van der Waals surface area contributed by atoms with Crippen LogP contribution in [0.2, 0.25) is 5.02 Å². The van der Waals surface area contributed by atoms with Gasteiger partial charge >= 0.3 is 0 Å². The molecule has 0 bridgehead atoms. The molecular weight excluding hydrogens is 344 g/mol. The van der Waals surface area contributed by atoms with Crippen molar-refractivity contribution in [2.75, 3.05) is 11.9 Å². The number of aromatic nitrogens is 1. The molecule has 0 atom stereocenters. The van der Waals surface area contributed by atoms with Crippen LogP contribution in [0, 0.1) is 6.92 Å². The van der Waals surface area contributed by atoms with Gasteiger partial charge in [-0.05, 0) is 31.2 Å². The second kappa shape index (κ2) is 7.47. The number of carbonyl (C=O) groups is 1. The first-order valence-corrected chi connectivity index (χ1v) is 8.57. The molecule has 3 rings (SSSR count). The number of hydrogen-bond acceptors (Lipinski definition) is 4. The smallest absolute Gasteiger partial charge is 0.262 e. The first kappa shape index (κ1) is 16.5. The van der Waals surface area contributed by atoms with E-state index in [1.54, 1.807) is 35.6 Å². The zero-order valence-corrected chi connectivity index (χ0v) is 14.5. The normalized spacial score (nSPS) is 10.4. The monoisotopic (exact) mass is 358 g/mol. The van der Waals surface area contributed by atoms with Gasteiger partial charge < -0.3 is 10.1 Å². The largest absolute Gasteiger partial charge is 0.482 e. The van der Waals surface area contributed by atoms with Crippen LogP contribution in [0.4, 0.5) is 5.69 Å². The van der Waals surface area contributed by atoms with E-state index in [-0.39, 0.29) is 12.5 Å². The molecule has 0 aliphatic rings. The number of carbonyl (C=O) groups excluding carboxylic acids is 1. The molecule has 0 radical (unpaired) electrons. The van der Waals surface area contributed by atoms with Crippen molar-refractivity contribution in [3.05, 3.63) is 63.9 Å². The van der Waals surface area contributed by atoms with Crippen LogP contribution in [-0.4, -0.2) is 17.5 Å². The highest BCUT2D eigenvalue weighted by Crippen LogP contribution is 2.25. The highest BCUT2D eigenvalue weighted by Gasteiger charge is 2.08. The van der Waals surface area contributed by atoms with E-state index in [9.17, 15) is 4.79 Å². The predicted octanol–water partition coefficient (Wildman–Crippen LogP) is 4.79. The molecule has 2 aromatic carbocycles. The van der Waals surface area contributed by atoms with Crippen molar-refractivity contribution in [2.24, 2.45) is 0 Å². The number of nitrogens with one attached hydrogen (secondary N) is 1. The third-order valence-corrected chi connectivity index (χ3v) is 4.34. The summed E-state index contributed by atoms with van der Waals surface area (Å²) in [7, 11) is 0. The van der Waals surface area contributed by atoms with Crippen molar-refractivity contribution >= 4 is 34.5 Å². The highest BCUT2D eigenvalue weighted by atomic mass is 35.5. The number of aryl methyl sites for hydroxylation is 1. The number of ether oxygens (including phenoxy) is 1. The molecule has 0 aliphatic heterocycles. The van der Waals surface area contributed by atoms with Gasteiger partial charge in [0.15, 0.2) is 6.61 Å². The summed E-state index contributed by atoms with van der Waals surface area (Å²) in [5.74, 6) is 0.238. The van der Waals surface area contributed by atoms with Gasteiger partial charge in [0, 0.05) is 16.6 Å². The Hall–Kier alpha value is -2.37. The van der Waals surface area contributed by atoms with E-state index in [0.717, 1.165) is 16.3 Å². The summed E-state index contributed by atoms with van der Waals surface area (Å²) in [5, 5.41) is 6.30. The first-order chi connectivity index (χ1) is 11.6. The molecule has 6 heteroatoms. The number of para-hydroxylation sites is 1. The van der Waals surface area contributed by atoms with Crippen molar-refractivity contribution in [2.45, 2.75) is 6.92 Å². The quantitative estimate of drug-likeness (QED) is 0.713. The highest BCUT2D eigenvalue weighted by molar-refractivity contribution is 7.09. The maximum Gasteiger partial charge on any atom is 0.262 e. The summed E-state index contributed by atoms with van der Waals surface area (Å²) in [5.41, 5.74) is 2.57. The Morgan fingerprint density at radius 2 is 2.08 bits per heavy atom. The molecule has 0 aliphatic carbocycles. The third-order valence-electron chi connectivity index (χ3n) is 3.26. The number of benzene rings is 2. The lowest BCUT2D eigenvalue weighted by Gasteiger charge is -2.09. The van der Waals surface area contributed by atoms with Gasteiger partial charge in [0.1, 0.15) is 5.75 Å². The molecule has 4 nitrogen and oxygen atoms in total. The molecule has 1 N–H and O–H groups in total. The number of hydrogen-bond donors (Lipinski definition) is 1. The lowest BCUT2D eigenvalue weighted by molar-refractivity contribution is -0.118. The number of rotatable bonds is 5. The molecule has 1 amide bonds. The van der Waals surface area contributed by atoms with E-state index in [1.165, 1.54) is 0 Å². The summed E-state index contributed by atoms with van der Waals surface area (Å²) < 4.78 is 5.43. The van der Waals surface area contributed by atoms with Gasteiger partial charge in [-0.2, -0.15) is 0 Å². The Kier molecular flexibility index (Phi) is 5.13. The molecule has 24 heavy (non-hydrogen) atoms. The van der Waals surface area contributed by atoms with Gasteiger partial charge in [0.25, 0.3) is 5.91 Å². The summed E-state index contributed by atoms with van der Waals surface area (Å²) >= 11 is 7.59. The van der Waals surface area contributed by atoms with Crippen molar-refractivity contribution in [3.63, 3.8) is 0 Å². The Morgan fingerprint density at radius 1 is 1.25 bits per heavy atom. The van der Waals surface area contributed by atoms with E-state index in [4.69, 9.17) is 16.3 Å². The Balaban J connectivity index is 1.63. The van der Waals surface area contributed by atoms with Crippen LogP contribution in [0.25, 0.3) is 11.3 Å². The van der Waals surface area contributed by atoms with Gasteiger partial charge in [-0.15, -0.1) is 11.3 Å². The van der Waals surface area contributed by atoms with Crippen molar-refractivity contribution in [1.29, 1.82) is 0 Å². The Bertz CT molecular complexity index is 863. The van der Waals surface area contributed by atoms with Crippen LogP contribution >= 0.6 is 22.9 Å². The topological polar surface area (TPSA) is 51.2 Å². The number of halogens is 1. The van der Waals surface area contributed by atoms with E-state index in [2.05, 4.69) is 10.3 Å². The molecule has 1 aromatic heterocycles.